The van der Waals surface area contributed by atoms with Crippen molar-refractivity contribution in [1.29, 1.82) is 0 Å². The largest absolute Gasteiger partial charge is 0.485 e. The van der Waals surface area contributed by atoms with Crippen LogP contribution >= 0.6 is 0 Å². The zero-order chi connectivity index (χ0) is 24.2. The number of aromatic nitrogens is 2. The van der Waals surface area contributed by atoms with Gasteiger partial charge in [0.05, 0.1) is 17.3 Å². The van der Waals surface area contributed by atoms with E-state index in [4.69, 9.17) is 4.74 Å². The van der Waals surface area contributed by atoms with E-state index in [9.17, 15) is 18.0 Å². The van der Waals surface area contributed by atoms with Gasteiger partial charge in [0.2, 0.25) is 0 Å². The van der Waals surface area contributed by atoms with Gasteiger partial charge in [-0.05, 0) is 37.1 Å². The van der Waals surface area contributed by atoms with Crippen molar-refractivity contribution >= 4 is 5.91 Å². The number of carbonyl (C=O) groups excluding carboxylic acids is 1. The second-order valence-corrected chi connectivity index (χ2v) is 8.52. The summed E-state index contributed by atoms with van der Waals surface area (Å²) in [6.45, 7) is 7.47. The highest BCUT2D eigenvalue weighted by Crippen LogP contribution is 2.31. The van der Waals surface area contributed by atoms with Gasteiger partial charge in [0.1, 0.15) is 12.4 Å². The Balaban J connectivity index is 1.85. The van der Waals surface area contributed by atoms with Gasteiger partial charge in [0.25, 0.3) is 5.91 Å². The molecule has 8 heteroatoms. The van der Waals surface area contributed by atoms with E-state index in [1.165, 1.54) is 18.3 Å². The first kappa shape index (κ1) is 24.2. The molecule has 0 fully saturated rings. The summed E-state index contributed by atoms with van der Waals surface area (Å²) in [7, 11) is 0. The maximum Gasteiger partial charge on any atom is 0.416 e. The number of nitrogens with zero attached hydrogens (tertiary/aromatic N) is 2. The number of ether oxygens (including phenoxy) is 1. The number of benzene rings is 2. The molecule has 0 aliphatic heterocycles. The fraction of sp³-hybridized carbons (Fsp3) is 0.320. The Labute approximate surface area is 191 Å². The monoisotopic (exact) mass is 457 g/mol. The molecule has 1 aromatic heterocycles. The number of nitrogens with one attached hydrogen (secondary N) is 1. The highest BCUT2D eigenvalue weighted by Gasteiger charge is 2.32. The third-order valence-corrected chi connectivity index (χ3v) is 5.10. The summed E-state index contributed by atoms with van der Waals surface area (Å²) in [5.74, 6) is 0.193. The lowest BCUT2D eigenvalue weighted by Gasteiger charge is -2.27. The van der Waals surface area contributed by atoms with Crippen LogP contribution in [0.1, 0.15) is 66.6 Å². The van der Waals surface area contributed by atoms with Crippen LogP contribution in [0.5, 0.6) is 5.75 Å². The molecular weight excluding hydrogens is 431 g/mol. The number of halogens is 3. The van der Waals surface area contributed by atoms with Crippen LogP contribution in [0, 0.1) is 0 Å². The molecule has 0 bridgehead atoms. The summed E-state index contributed by atoms with van der Waals surface area (Å²) in [5.41, 5.74) is -0.191. The lowest BCUT2D eigenvalue weighted by atomic mass is 9.93. The highest BCUT2D eigenvalue weighted by atomic mass is 19.4. The topological polar surface area (TPSA) is 64.1 Å². The molecule has 0 aliphatic rings. The SMILES string of the molecule is CC(C)c1ncc(OCc2ccccc2)c(C(=O)NC(C)(C)c2ccc(C(F)(F)F)cc2)n1. The second kappa shape index (κ2) is 9.60. The van der Waals surface area contributed by atoms with Gasteiger partial charge in [-0.15, -0.1) is 0 Å². The normalized spacial score (nSPS) is 12.0. The van der Waals surface area contributed by atoms with Crippen LogP contribution in [0.3, 0.4) is 0 Å². The molecule has 1 amide bonds. The molecule has 0 unspecified atom stereocenters. The fourth-order valence-electron chi connectivity index (χ4n) is 3.16. The third-order valence-electron chi connectivity index (χ3n) is 5.10. The second-order valence-electron chi connectivity index (χ2n) is 8.52. The van der Waals surface area contributed by atoms with E-state index in [0.717, 1.165) is 17.7 Å². The Kier molecular flexibility index (Phi) is 7.05. The van der Waals surface area contributed by atoms with E-state index in [-0.39, 0.29) is 24.0 Å². The number of hydrogen-bond donors (Lipinski definition) is 1. The van der Waals surface area contributed by atoms with Crippen LogP contribution in [0.2, 0.25) is 0 Å². The van der Waals surface area contributed by atoms with Crippen LogP contribution < -0.4 is 10.1 Å². The van der Waals surface area contributed by atoms with Crippen molar-refractivity contribution < 1.29 is 22.7 Å². The van der Waals surface area contributed by atoms with E-state index >= 15 is 0 Å². The van der Waals surface area contributed by atoms with E-state index in [1.807, 2.05) is 44.2 Å². The van der Waals surface area contributed by atoms with Crippen molar-refractivity contribution in [1.82, 2.24) is 15.3 Å². The molecule has 1 heterocycles. The van der Waals surface area contributed by atoms with E-state index in [2.05, 4.69) is 15.3 Å². The summed E-state index contributed by atoms with van der Waals surface area (Å²) in [5, 5.41) is 2.86. The van der Waals surface area contributed by atoms with Gasteiger partial charge in [0.15, 0.2) is 11.4 Å². The van der Waals surface area contributed by atoms with Crippen molar-refractivity contribution in [2.45, 2.75) is 51.9 Å². The standard InChI is InChI=1S/C25H26F3N3O2/c1-16(2)22-29-14-20(33-15-17-8-6-5-7-9-17)21(30-22)23(32)31-24(3,4)18-10-12-19(13-11-18)25(26,27)28/h5-14,16H,15H2,1-4H3,(H,31,32). The molecule has 2 aromatic carbocycles. The van der Waals surface area contributed by atoms with Crippen LogP contribution in [0.4, 0.5) is 13.2 Å². The molecule has 1 N–H and O–H groups in total. The number of alkyl halides is 3. The summed E-state index contributed by atoms with van der Waals surface area (Å²) < 4.78 is 44.5. The van der Waals surface area contributed by atoms with Gasteiger partial charge >= 0.3 is 6.18 Å². The number of rotatable bonds is 7. The molecule has 0 atom stereocenters. The minimum Gasteiger partial charge on any atom is -0.485 e. The molecule has 0 aliphatic carbocycles. The van der Waals surface area contributed by atoms with E-state index in [0.29, 0.717) is 11.4 Å². The smallest absolute Gasteiger partial charge is 0.416 e. The molecule has 0 saturated carbocycles. The molecular formula is C25H26F3N3O2. The molecule has 0 spiro atoms. The minimum absolute atomic E-state index is 0.0114. The van der Waals surface area contributed by atoms with Crippen molar-refractivity contribution in [2.75, 3.05) is 0 Å². The minimum atomic E-state index is -4.43. The van der Waals surface area contributed by atoms with Gasteiger partial charge in [0, 0.05) is 5.92 Å². The molecule has 3 aromatic rings. The predicted octanol–water partition coefficient (Wildman–Crippen LogP) is 5.86. The van der Waals surface area contributed by atoms with Crippen LogP contribution in [0.25, 0.3) is 0 Å². The Morgan fingerprint density at radius 3 is 2.18 bits per heavy atom. The van der Waals surface area contributed by atoms with Crippen LogP contribution in [0.15, 0.2) is 60.8 Å². The van der Waals surface area contributed by atoms with Crippen LogP contribution in [-0.2, 0) is 18.3 Å². The zero-order valence-electron chi connectivity index (χ0n) is 18.9. The van der Waals surface area contributed by atoms with Gasteiger partial charge in [-0.2, -0.15) is 13.2 Å². The molecule has 5 nitrogen and oxygen atoms in total. The van der Waals surface area contributed by atoms with E-state index in [1.54, 1.807) is 13.8 Å². The number of amides is 1. The number of carbonyl (C=O) groups is 1. The van der Waals surface area contributed by atoms with Crippen molar-refractivity contribution in [3.05, 3.63) is 89.0 Å². The average Bonchev–Trinajstić information content (AvgIpc) is 2.77. The number of hydrogen-bond acceptors (Lipinski definition) is 4. The Hall–Kier alpha value is -3.42. The highest BCUT2D eigenvalue weighted by molar-refractivity contribution is 5.95. The molecule has 0 saturated heterocycles. The summed E-state index contributed by atoms with van der Waals surface area (Å²) >= 11 is 0. The maximum absolute atomic E-state index is 13.2. The average molecular weight is 457 g/mol. The molecule has 33 heavy (non-hydrogen) atoms. The Bertz CT molecular complexity index is 1100. The first-order valence-corrected chi connectivity index (χ1v) is 10.5. The van der Waals surface area contributed by atoms with Gasteiger partial charge in [-0.1, -0.05) is 56.3 Å². The summed E-state index contributed by atoms with van der Waals surface area (Å²) in [6, 6.07) is 14.2. The van der Waals surface area contributed by atoms with Crippen LogP contribution in [-0.4, -0.2) is 15.9 Å². The molecule has 3 rings (SSSR count). The Morgan fingerprint density at radius 2 is 1.61 bits per heavy atom. The molecule has 0 radical (unpaired) electrons. The van der Waals surface area contributed by atoms with Gasteiger partial charge < -0.3 is 10.1 Å². The van der Waals surface area contributed by atoms with Crippen molar-refractivity contribution in [2.24, 2.45) is 0 Å². The lowest BCUT2D eigenvalue weighted by Crippen LogP contribution is -2.41. The maximum atomic E-state index is 13.2. The van der Waals surface area contributed by atoms with Gasteiger partial charge in [-0.3, -0.25) is 4.79 Å². The van der Waals surface area contributed by atoms with Gasteiger partial charge in [-0.25, -0.2) is 9.97 Å². The van der Waals surface area contributed by atoms with Crippen molar-refractivity contribution in [3.63, 3.8) is 0 Å². The fourth-order valence-corrected chi connectivity index (χ4v) is 3.16. The molecule has 174 valence electrons. The summed E-state index contributed by atoms with van der Waals surface area (Å²) in [4.78, 5) is 21.9. The first-order chi connectivity index (χ1) is 15.5. The van der Waals surface area contributed by atoms with Crippen molar-refractivity contribution in [3.8, 4) is 5.75 Å². The quantitative estimate of drug-likeness (QED) is 0.483. The first-order valence-electron chi connectivity index (χ1n) is 10.5. The predicted molar refractivity (Wildman–Crippen MR) is 119 cm³/mol. The third kappa shape index (κ3) is 6.09. The lowest BCUT2D eigenvalue weighted by molar-refractivity contribution is -0.137. The van der Waals surface area contributed by atoms with E-state index < -0.39 is 23.2 Å². The summed E-state index contributed by atoms with van der Waals surface area (Å²) in [6.07, 6.45) is -2.95. The zero-order valence-corrected chi connectivity index (χ0v) is 18.9. The Morgan fingerprint density at radius 1 is 1.00 bits per heavy atom.